The van der Waals surface area contributed by atoms with Crippen molar-refractivity contribution < 1.29 is 4.52 Å². The van der Waals surface area contributed by atoms with Gasteiger partial charge in [0.05, 0.1) is 10.6 Å². The Kier molecular flexibility index (Phi) is 4.43. The van der Waals surface area contributed by atoms with Gasteiger partial charge < -0.3 is 10.4 Å². The number of halogens is 1. The minimum absolute atomic E-state index is 0.445. The molecule has 0 aliphatic heterocycles. The molecular formula is C15H11ClN6OS2. The van der Waals surface area contributed by atoms with Gasteiger partial charge in [0, 0.05) is 10.6 Å². The topological polar surface area (TPSA) is 95.7 Å². The van der Waals surface area contributed by atoms with Gasteiger partial charge in [-0.15, -0.1) is 21.5 Å². The molecule has 4 aromatic rings. The Morgan fingerprint density at radius 2 is 2.04 bits per heavy atom. The maximum Gasteiger partial charge on any atom is 0.237 e. The van der Waals surface area contributed by atoms with Crippen LogP contribution in [0.1, 0.15) is 5.89 Å². The summed E-state index contributed by atoms with van der Waals surface area (Å²) in [4.78, 5) is 5.34. The highest BCUT2D eigenvalue weighted by Crippen LogP contribution is 2.27. The van der Waals surface area contributed by atoms with Crippen LogP contribution >= 0.6 is 34.7 Å². The normalized spacial score (nSPS) is 11.1. The number of nitrogens with two attached hydrogens (primary N) is 1. The first kappa shape index (κ1) is 16.1. The zero-order valence-electron chi connectivity index (χ0n) is 12.7. The molecule has 0 unspecified atom stereocenters. The SMILES string of the molecule is Nn1c(SCc2nc(-c3ccc(Cl)cc3)no2)nnc1-c1cccs1. The molecule has 0 aliphatic rings. The highest BCUT2D eigenvalue weighted by Gasteiger charge is 2.15. The van der Waals surface area contributed by atoms with Gasteiger partial charge in [-0.2, -0.15) is 4.98 Å². The van der Waals surface area contributed by atoms with E-state index in [1.165, 1.54) is 16.4 Å². The van der Waals surface area contributed by atoms with Crippen molar-refractivity contribution in [3.8, 4) is 22.1 Å². The van der Waals surface area contributed by atoms with Crippen molar-refractivity contribution in [2.24, 2.45) is 0 Å². The van der Waals surface area contributed by atoms with Crippen molar-refractivity contribution in [3.63, 3.8) is 0 Å². The van der Waals surface area contributed by atoms with Crippen LogP contribution in [-0.4, -0.2) is 25.0 Å². The Morgan fingerprint density at radius 1 is 1.20 bits per heavy atom. The monoisotopic (exact) mass is 390 g/mol. The Bertz CT molecular complexity index is 980. The highest BCUT2D eigenvalue weighted by atomic mass is 35.5. The molecule has 7 nitrogen and oxygen atoms in total. The largest absolute Gasteiger partial charge is 0.338 e. The van der Waals surface area contributed by atoms with Crippen LogP contribution in [0.15, 0.2) is 51.5 Å². The Balaban J connectivity index is 1.46. The molecule has 0 fully saturated rings. The van der Waals surface area contributed by atoms with E-state index in [2.05, 4.69) is 20.3 Å². The predicted molar refractivity (Wildman–Crippen MR) is 97.8 cm³/mol. The molecule has 10 heteroatoms. The molecule has 0 spiro atoms. The van der Waals surface area contributed by atoms with E-state index in [0.717, 1.165) is 10.4 Å². The smallest absolute Gasteiger partial charge is 0.237 e. The maximum atomic E-state index is 6.07. The van der Waals surface area contributed by atoms with Gasteiger partial charge in [0.1, 0.15) is 0 Å². The maximum absolute atomic E-state index is 6.07. The number of rotatable bonds is 5. The minimum atomic E-state index is 0.445. The van der Waals surface area contributed by atoms with Gasteiger partial charge in [0.15, 0.2) is 5.82 Å². The summed E-state index contributed by atoms with van der Waals surface area (Å²) < 4.78 is 6.74. The molecule has 0 radical (unpaired) electrons. The van der Waals surface area contributed by atoms with E-state index in [1.54, 1.807) is 23.5 Å². The second-order valence-electron chi connectivity index (χ2n) is 4.96. The summed E-state index contributed by atoms with van der Waals surface area (Å²) in [6.07, 6.45) is 0. The fourth-order valence-corrected chi connectivity index (χ4v) is 3.63. The molecule has 0 bridgehead atoms. The van der Waals surface area contributed by atoms with Crippen LogP contribution in [0.4, 0.5) is 0 Å². The first-order chi connectivity index (χ1) is 12.2. The molecule has 0 aliphatic carbocycles. The summed E-state index contributed by atoms with van der Waals surface area (Å²) in [6, 6.07) is 11.1. The van der Waals surface area contributed by atoms with Crippen molar-refractivity contribution in [3.05, 3.63) is 52.7 Å². The van der Waals surface area contributed by atoms with Crippen molar-refractivity contribution in [2.75, 3.05) is 5.84 Å². The van der Waals surface area contributed by atoms with Gasteiger partial charge in [-0.1, -0.05) is 34.6 Å². The standard InChI is InChI=1S/C15H11ClN6OS2/c16-10-5-3-9(4-6-10)13-18-12(23-21-13)8-25-15-20-19-14(22(15)17)11-2-1-7-24-11/h1-7H,8,17H2. The lowest BCUT2D eigenvalue weighted by Gasteiger charge is -2.00. The van der Waals surface area contributed by atoms with Crippen molar-refractivity contribution in [1.29, 1.82) is 0 Å². The second kappa shape index (κ2) is 6.87. The number of benzene rings is 1. The Labute approximate surface area is 155 Å². The van der Waals surface area contributed by atoms with E-state index >= 15 is 0 Å². The molecule has 0 saturated carbocycles. The van der Waals surface area contributed by atoms with Crippen LogP contribution in [0, 0.1) is 0 Å². The highest BCUT2D eigenvalue weighted by molar-refractivity contribution is 7.98. The average Bonchev–Trinajstić information content (AvgIpc) is 3.34. The van der Waals surface area contributed by atoms with E-state index in [9.17, 15) is 0 Å². The Hall–Kier alpha value is -2.36. The number of nitrogen functional groups attached to an aromatic ring is 1. The molecule has 3 heterocycles. The second-order valence-corrected chi connectivity index (χ2v) is 7.29. The van der Waals surface area contributed by atoms with Gasteiger partial charge in [-0.3, -0.25) is 0 Å². The fourth-order valence-electron chi connectivity index (χ4n) is 2.11. The van der Waals surface area contributed by atoms with Crippen LogP contribution in [0.25, 0.3) is 22.1 Å². The summed E-state index contributed by atoms with van der Waals surface area (Å²) in [6.45, 7) is 0. The first-order valence-corrected chi connectivity index (χ1v) is 9.41. The fraction of sp³-hybridized carbons (Fsp3) is 0.0667. The molecule has 2 N–H and O–H groups in total. The van der Waals surface area contributed by atoms with E-state index in [-0.39, 0.29) is 0 Å². The molecule has 0 amide bonds. The van der Waals surface area contributed by atoms with Gasteiger partial charge in [-0.25, -0.2) is 4.68 Å². The van der Waals surface area contributed by atoms with Gasteiger partial charge in [0.2, 0.25) is 16.9 Å². The molecule has 25 heavy (non-hydrogen) atoms. The molecule has 0 saturated heterocycles. The van der Waals surface area contributed by atoms with Gasteiger partial charge >= 0.3 is 0 Å². The lowest BCUT2D eigenvalue weighted by Crippen LogP contribution is -2.11. The number of hydrogen-bond acceptors (Lipinski definition) is 8. The van der Waals surface area contributed by atoms with Gasteiger partial charge in [0.25, 0.3) is 0 Å². The van der Waals surface area contributed by atoms with Crippen molar-refractivity contribution >= 4 is 34.7 Å². The predicted octanol–water partition coefficient (Wildman–Crippen LogP) is 3.72. The number of nitrogens with zero attached hydrogens (tertiary/aromatic N) is 5. The average molecular weight is 391 g/mol. The summed E-state index contributed by atoms with van der Waals surface area (Å²) in [5.41, 5.74) is 0.839. The van der Waals surface area contributed by atoms with Crippen LogP contribution in [0.2, 0.25) is 5.02 Å². The molecule has 4 rings (SSSR count). The molecule has 0 atom stereocenters. The summed E-state index contributed by atoms with van der Waals surface area (Å²) in [5.74, 6) is 8.14. The Morgan fingerprint density at radius 3 is 2.80 bits per heavy atom. The number of thiophene rings is 1. The molecule has 1 aromatic carbocycles. The third kappa shape index (κ3) is 3.39. The summed E-state index contributed by atoms with van der Waals surface area (Å²) in [5, 5.41) is 15.4. The zero-order valence-corrected chi connectivity index (χ0v) is 15.1. The molecule has 126 valence electrons. The minimum Gasteiger partial charge on any atom is -0.338 e. The number of aromatic nitrogens is 5. The quantitative estimate of drug-likeness (QED) is 0.409. The zero-order chi connectivity index (χ0) is 17.2. The summed E-state index contributed by atoms with van der Waals surface area (Å²) >= 11 is 8.82. The number of hydrogen-bond donors (Lipinski definition) is 1. The number of thioether (sulfide) groups is 1. The third-order valence-electron chi connectivity index (χ3n) is 3.30. The van der Waals surface area contributed by atoms with E-state index in [1.807, 2.05) is 29.6 Å². The summed E-state index contributed by atoms with van der Waals surface area (Å²) in [7, 11) is 0. The van der Waals surface area contributed by atoms with E-state index in [4.69, 9.17) is 22.0 Å². The lowest BCUT2D eigenvalue weighted by atomic mass is 10.2. The van der Waals surface area contributed by atoms with Crippen LogP contribution in [-0.2, 0) is 5.75 Å². The van der Waals surface area contributed by atoms with Crippen molar-refractivity contribution in [1.82, 2.24) is 25.0 Å². The van der Waals surface area contributed by atoms with Crippen LogP contribution < -0.4 is 5.84 Å². The van der Waals surface area contributed by atoms with Crippen molar-refractivity contribution in [2.45, 2.75) is 10.9 Å². The van der Waals surface area contributed by atoms with E-state index in [0.29, 0.717) is 33.5 Å². The van der Waals surface area contributed by atoms with Crippen LogP contribution in [0.5, 0.6) is 0 Å². The third-order valence-corrected chi connectivity index (χ3v) is 5.35. The lowest BCUT2D eigenvalue weighted by molar-refractivity contribution is 0.391. The van der Waals surface area contributed by atoms with Gasteiger partial charge in [-0.05, 0) is 35.7 Å². The van der Waals surface area contributed by atoms with E-state index < -0.39 is 0 Å². The molecular weight excluding hydrogens is 380 g/mol. The van der Waals surface area contributed by atoms with Crippen LogP contribution in [0.3, 0.4) is 0 Å². The molecule has 3 aromatic heterocycles. The first-order valence-electron chi connectivity index (χ1n) is 7.16.